The van der Waals surface area contributed by atoms with Crippen LogP contribution in [0, 0.1) is 0 Å². The van der Waals surface area contributed by atoms with Crippen molar-refractivity contribution in [2.75, 3.05) is 12.8 Å². The molecule has 0 amide bonds. The van der Waals surface area contributed by atoms with Crippen molar-refractivity contribution >= 4 is 27.7 Å². The number of thioether (sulfide) groups is 1. The van der Waals surface area contributed by atoms with Gasteiger partial charge in [-0.15, -0.1) is 11.8 Å². The van der Waals surface area contributed by atoms with Crippen molar-refractivity contribution in [3.05, 3.63) is 28.2 Å². The van der Waals surface area contributed by atoms with Crippen LogP contribution in [0.2, 0.25) is 0 Å². The summed E-state index contributed by atoms with van der Waals surface area (Å²) in [5.41, 5.74) is 1.31. The van der Waals surface area contributed by atoms with E-state index in [1.165, 1.54) is 14.9 Å². The molecule has 0 aromatic heterocycles. The second-order valence-electron chi connectivity index (χ2n) is 3.13. The summed E-state index contributed by atoms with van der Waals surface area (Å²) in [4.78, 5) is 1.33. The Bertz CT molecular complexity index is 301. The van der Waals surface area contributed by atoms with Crippen LogP contribution in [0.5, 0.6) is 0 Å². The number of rotatable bonds is 4. The van der Waals surface area contributed by atoms with E-state index in [1.54, 1.807) is 0 Å². The monoisotopic (exact) mass is 273 g/mol. The minimum absolute atomic E-state index is 0.394. The predicted octanol–water partition coefficient (Wildman–Crippen LogP) is 3.84. The fraction of sp³-hybridized carbons (Fsp3) is 0.455. The molecule has 0 saturated carbocycles. The molecule has 1 N–H and O–H groups in total. The fourth-order valence-corrected chi connectivity index (χ4v) is 2.84. The summed E-state index contributed by atoms with van der Waals surface area (Å²) in [6.07, 6.45) is 0. The van der Waals surface area contributed by atoms with Gasteiger partial charge in [0.2, 0.25) is 0 Å². The quantitative estimate of drug-likeness (QED) is 0.837. The third-order valence-electron chi connectivity index (χ3n) is 2.18. The van der Waals surface area contributed by atoms with Crippen molar-refractivity contribution in [2.24, 2.45) is 0 Å². The topological polar surface area (TPSA) is 12.0 Å². The highest BCUT2D eigenvalue weighted by atomic mass is 79.9. The molecular weight excluding hydrogens is 258 g/mol. The first-order valence-corrected chi connectivity index (χ1v) is 6.56. The minimum Gasteiger partial charge on any atom is -0.313 e. The molecular formula is C11H16BrNS. The van der Waals surface area contributed by atoms with Gasteiger partial charge >= 0.3 is 0 Å². The maximum absolute atomic E-state index is 3.61. The highest BCUT2D eigenvalue weighted by Gasteiger charge is 2.07. The number of halogens is 1. The average molecular weight is 274 g/mol. The number of hydrogen-bond acceptors (Lipinski definition) is 2. The molecule has 1 aromatic rings. The lowest BCUT2D eigenvalue weighted by Crippen LogP contribution is -2.12. The van der Waals surface area contributed by atoms with Gasteiger partial charge in [0.05, 0.1) is 0 Å². The molecule has 1 rings (SSSR count). The molecule has 1 nitrogen and oxygen atoms in total. The van der Waals surface area contributed by atoms with Gasteiger partial charge in [-0.05, 0) is 37.4 Å². The zero-order valence-electron chi connectivity index (χ0n) is 8.80. The molecule has 3 heteroatoms. The highest BCUT2D eigenvalue weighted by molar-refractivity contribution is 9.10. The maximum Gasteiger partial charge on any atom is 0.0300 e. The SMILES string of the molecule is CCSc1ccc(C(C)NC)c(Br)c1. The van der Waals surface area contributed by atoms with Gasteiger partial charge in [-0.25, -0.2) is 0 Å². The van der Waals surface area contributed by atoms with Crippen LogP contribution < -0.4 is 5.32 Å². The fourth-order valence-electron chi connectivity index (χ4n) is 1.27. The van der Waals surface area contributed by atoms with Crippen LogP contribution in [0.15, 0.2) is 27.6 Å². The Morgan fingerprint density at radius 1 is 1.50 bits per heavy atom. The molecule has 0 heterocycles. The zero-order chi connectivity index (χ0) is 10.6. The van der Waals surface area contributed by atoms with E-state index < -0.39 is 0 Å². The van der Waals surface area contributed by atoms with E-state index in [1.807, 2.05) is 18.8 Å². The van der Waals surface area contributed by atoms with Crippen molar-refractivity contribution in [2.45, 2.75) is 24.8 Å². The normalized spacial score (nSPS) is 12.9. The first kappa shape index (κ1) is 12.1. The van der Waals surface area contributed by atoms with Crippen LogP contribution in [-0.2, 0) is 0 Å². The van der Waals surface area contributed by atoms with Crippen molar-refractivity contribution in [3.63, 3.8) is 0 Å². The van der Waals surface area contributed by atoms with E-state index in [0.717, 1.165) is 5.75 Å². The molecule has 1 atom stereocenters. The Hall–Kier alpha value is 0.01000. The number of benzene rings is 1. The lowest BCUT2D eigenvalue weighted by atomic mass is 10.1. The van der Waals surface area contributed by atoms with Gasteiger partial charge in [0, 0.05) is 15.4 Å². The van der Waals surface area contributed by atoms with Crippen molar-refractivity contribution in [1.29, 1.82) is 0 Å². The second kappa shape index (κ2) is 5.79. The molecule has 0 radical (unpaired) electrons. The van der Waals surface area contributed by atoms with Crippen LogP contribution >= 0.6 is 27.7 Å². The van der Waals surface area contributed by atoms with E-state index in [4.69, 9.17) is 0 Å². The summed E-state index contributed by atoms with van der Waals surface area (Å²) in [6, 6.07) is 6.95. The Kier molecular flexibility index (Phi) is 4.99. The Labute approximate surface area is 98.8 Å². The lowest BCUT2D eigenvalue weighted by molar-refractivity contribution is 0.649. The second-order valence-corrected chi connectivity index (χ2v) is 5.32. The summed E-state index contributed by atoms with van der Waals surface area (Å²) in [5.74, 6) is 1.12. The third kappa shape index (κ3) is 3.01. The van der Waals surface area contributed by atoms with Crippen molar-refractivity contribution in [1.82, 2.24) is 5.32 Å². The first-order chi connectivity index (χ1) is 6.69. The molecule has 1 aromatic carbocycles. The smallest absolute Gasteiger partial charge is 0.0300 e. The van der Waals surface area contributed by atoms with Crippen LogP contribution in [0.1, 0.15) is 25.5 Å². The third-order valence-corrected chi connectivity index (χ3v) is 3.75. The minimum atomic E-state index is 0.394. The highest BCUT2D eigenvalue weighted by Crippen LogP contribution is 2.28. The zero-order valence-corrected chi connectivity index (χ0v) is 11.2. The van der Waals surface area contributed by atoms with Gasteiger partial charge in [-0.1, -0.05) is 28.9 Å². The van der Waals surface area contributed by atoms with E-state index >= 15 is 0 Å². The predicted molar refractivity (Wildman–Crippen MR) is 68.0 cm³/mol. The van der Waals surface area contributed by atoms with Gasteiger partial charge < -0.3 is 5.32 Å². The summed E-state index contributed by atoms with van der Waals surface area (Å²) in [6.45, 7) is 4.33. The first-order valence-electron chi connectivity index (χ1n) is 4.78. The molecule has 0 fully saturated rings. The lowest BCUT2D eigenvalue weighted by Gasteiger charge is -2.13. The summed E-state index contributed by atoms with van der Waals surface area (Å²) in [5, 5.41) is 3.24. The summed E-state index contributed by atoms with van der Waals surface area (Å²) in [7, 11) is 1.98. The molecule has 0 saturated heterocycles. The average Bonchev–Trinajstić information content (AvgIpc) is 2.17. The van der Waals surface area contributed by atoms with Crippen LogP contribution in [-0.4, -0.2) is 12.8 Å². The summed E-state index contributed by atoms with van der Waals surface area (Å²) >= 11 is 5.47. The van der Waals surface area contributed by atoms with Gasteiger partial charge in [0.25, 0.3) is 0 Å². The Morgan fingerprint density at radius 3 is 2.71 bits per heavy atom. The molecule has 0 aliphatic carbocycles. The van der Waals surface area contributed by atoms with Crippen molar-refractivity contribution in [3.8, 4) is 0 Å². The molecule has 1 unspecified atom stereocenters. The van der Waals surface area contributed by atoms with E-state index in [9.17, 15) is 0 Å². The van der Waals surface area contributed by atoms with E-state index in [2.05, 4.69) is 53.3 Å². The van der Waals surface area contributed by atoms with Gasteiger partial charge in [-0.3, -0.25) is 0 Å². The number of hydrogen-bond donors (Lipinski definition) is 1. The molecule has 0 bridgehead atoms. The standard InChI is InChI=1S/C11H16BrNS/c1-4-14-9-5-6-10(8(2)13-3)11(12)7-9/h5-8,13H,4H2,1-3H3. The van der Waals surface area contributed by atoms with Gasteiger partial charge in [-0.2, -0.15) is 0 Å². The molecule has 14 heavy (non-hydrogen) atoms. The van der Waals surface area contributed by atoms with E-state index in [0.29, 0.717) is 6.04 Å². The van der Waals surface area contributed by atoms with Crippen LogP contribution in [0.4, 0.5) is 0 Å². The Balaban J connectivity index is 2.89. The molecule has 0 aliphatic heterocycles. The largest absolute Gasteiger partial charge is 0.313 e. The molecule has 0 spiro atoms. The summed E-state index contributed by atoms with van der Waals surface area (Å²) < 4.78 is 1.19. The van der Waals surface area contributed by atoms with Crippen LogP contribution in [0.3, 0.4) is 0 Å². The van der Waals surface area contributed by atoms with Gasteiger partial charge in [0.15, 0.2) is 0 Å². The van der Waals surface area contributed by atoms with Gasteiger partial charge in [0.1, 0.15) is 0 Å². The Morgan fingerprint density at radius 2 is 2.21 bits per heavy atom. The van der Waals surface area contributed by atoms with Crippen molar-refractivity contribution < 1.29 is 0 Å². The van der Waals surface area contributed by atoms with E-state index in [-0.39, 0.29) is 0 Å². The maximum atomic E-state index is 3.61. The van der Waals surface area contributed by atoms with Crippen LogP contribution in [0.25, 0.3) is 0 Å². The molecule has 78 valence electrons. The number of nitrogens with one attached hydrogen (secondary N) is 1. The molecule has 0 aliphatic rings.